The van der Waals surface area contributed by atoms with Crippen molar-refractivity contribution in [2.45, 2.75) is 36.6 Å². The molecule has 1 fully saturated rings. The van der Waals surface area contributed by atoms with Crippen LogP contribution in [-0.2, 0) is 32.7 Å². The van der Waals surface area contributed by atoms with E-state index in [0.29, 0.717) is 11.7 Å². The van der Waals surface area contributed by atoms with Gasteiger partial charge in [-0.15, -0.1) is 0 Å². The lowest BCUT2D eigenvalue weighted by Crippen LogP contribution is -2.29. The highest BCUT2D eigenvalue weighted by molar-refractivity contribution is 7.87. The first-order valence-corrected chi connectivity index (χ1v) is 14.4. The third-order valence-corrected chi connectivity index (χ3v) is 8.21. The van der Waals surface area contributed by atoms with Crippen molar-refractivity contribution in [3.63, 3.8) is 0 Å². The maximum atomic E-state index is 12.8. The van der Waals surface area contributed by atoms with Crippen LogP contribution in [0.15, 0.2) is 90.0 Å². The number of hydrogen-bond acceptors (Lipinski definition) is 6. The summed E-state index contributed by atoms with van der Waals surface area (Å²) in [6.45, 7) is 3.01. The molecule has 0 saturated carbocycles. The van der Waals surface area contributed by atoms with Crippen molar-refractivity contribution in [1.29, 1.82) is 0 Å². The van der Waals surface area contributed by atoms with Gasteiger partial charge in [0.15, 0.2) is 0 Å². The molecule has 210 valence electrons. The van der Waals surface area contributed by atoms with Gasteiger partial charge in [0, 0.05) is 23.6 Å². The molecule has 0 spiro atoms. The summed E-state index contributed by atoms with van der Waals surface area (Å²) in [4.78, 5) is 20.7. The summed E-state index contributed by atoms with van der Waals surface area (Å²) in [6, 6.07) is 24.5. The molecule has 10 heteroatoms. The molecular weight excluding hydrogens is 532 g/mol. The molecule has 2 N–H and O–H groups in total. The summed E-state index contributed by atoms with van der Waals surface area (Å²) >= 11 is 0. The molecule has 9 nitrogen and oxygen atoms in total. The molecule has 0 aliphatic carbocycles. The van der Waals surface area contributed by atoms with E-state index in [1.807, 2.05) is 18.2 Å². The third-order valence-electron chi connectivity index (χ3n) is 6.95. The molecule has 0 bridgehead atoms. The van der Waals surface area contributed by atoms with E-state index in [1.54, 1.807) is 36.4 Å². The number of aryl methyl sites for hydroxylation is 2. The van der Waals surface area contributed by atoms with Gasteiger partial charge in [-0.3, -0.25) is 0 Å². The Balaban J connectivity index is 0.000000557. The normalized spacial score (nSPS) is 14.3. The van der Waals surface area contributed by atoms with E-state index < -0.39 is 22.1 Å². The summed E-state index contributed by atoms with van der Waals surface area (Å²) in [5.74, 6) is -2.84. The lowest BCUT2D eigenvalue weighted by molar-refractivity contribution is -0.159. The molecule has 3 aromatic carbocycles. The summed E-state index contributed by atoms with van der Waals surface area (Å²) in [6.07, 6.45) is 5.42. The van der Waals surface area contributed by atoms with Gasteiger partial charge in [0.25, 0.3) is 0 Å². The first kappa shape index (κ1) is 28.8. The SMILES string of the molecule is CN1CCC(c2cn(CCc3ccccc3)c3ccc(OS(=O)(=O)c4ccccc4)cc23)CC1.O=C(O)C(=O)O. The second-order valence-corrected chi connectivity index (χ2v) is 11.3. The Morgan fingerprint density at radius 1 is 0.900 bits per heavy atom. The number of carboxylic acid groups (broad SMARTS) is 2. The van der Waals surface area contributed by atoms with Gasteiger partial charge < -0.3 is 23.9 Å². The monoisotopic (exact) mass is 564 g/mol. The Kier molecular flexibility index (Phi) is 9.23. The van der Waals surface area contributed by atoms with Crippen LogP contribution in [0.5, 0.6) is 5.75 Å². The third kappa shape index (κ3) is 7.28. The zero-order chi connectivity index (χ0) is 28.7. The predicted molar refractivity (Wildman–Crippen MR) is 151 cm³/mol. The number of aliphatic carboxylic acids is 2. The van der Waals surface area contributed by atoms with Gasteiger partial charge in [-0.05, 0) is 86.8 Å². The van der Waals surface area contributed by atoms with Crippen LogP contribution >= 0.6 is 0 Å². The highest BCUT2D eigenvalue weighted by Gasteiger charge is 2.24. The van der Waals surface area contributed by atoms with E-state index in [4.69, 9.17) is 24.0 Å². The second kappa shape index (κ2) is 12.8. The van der Waals surface area contributed by atoms with Crippen LogP contribution < -0.4 is 4.18 Å². The standard InChI is InChI=1S/C28H30N2O3S.C2H2O4/c1-29-17-15-23(16-18-29)27-21-30(19-14-22-8-4-2-5-9-22)28-13-12-24(20-26(27)28)33-34(31,32)25-10-6-3-7-11-25;3-1(4)2(5)6/h2-13,20-21,23H,14-19H2,1H3;(H,3,4)(H,5,6). The topological polar surface area (TPSA) is 126 Å². The molecule has 40 heavy (non-hydrogen) atoms. The molecule has 0 amide bonds. The van der Waals surface area contributed by atoms with Crippen LogP contribution in [0.25, 0.3) is 10.9 Å². The van der Waals surface area contributed by atoms with Gasteiger partial charge in [0.05, 0.1) is 0 Å². The van der Waals surface area contributed by atoms with E-state index in [9.17, 15) is 8.42 Å². The van der Waals surface area contributed by atoms with Gasteiger partial charge in [-0.2, -0.15) is 8.42 Å². The molecule has 1 aromatic heterocycles. The summed E-state index contributed by atoms with van der Waals surface area (Å²) in [5.41, 5.74) is 3.71. The molecule has 4 aromatic rings. The zero-order valence-electron chi connectivity index (χ0n) is 22.1. The lowest BCUT2D eigenvalue weighted by Gasteiger charge is -2.28. The summed E-state index contributed by atoms with van der Waals surface area (Å²) < 4.78 is 33.4. The van der Waals surface area contributed by atoms with Crippen LogP contribution in [0, 0.1) is 0 Å². The number of nitrogens with zero attached hydrogens (tertiary/aromatic N) is 2. The highest BCUT2D eigenvalue weighted by atomic mass is 32.2. The number of likely N-dealkylation sites (tertiary alicyclic amines) is 1. The largest absolute Gasteiger partial charge is 0.473 e. The Bertz CT molecular complexity index is 1550. The molecule has 0 radical (unpaired) electrons. The van der Waals surface area contributed by atoms with Gasteiger partial charge in [0.2, 0.25) is 0 Å². The van der Waals surface area contributed by atoms with E-state index in [2.05, 4.69) is 47.0 Å². The Labute approximate surface area is 233 Å². The van der Waals surface area contributed by atoms with Gasteiger partial charge >= 0.3 is 22.1 Å². The average molecular weight is 565 g/mol. The number of carbonyl (C=O) groups is 2. The highest BCUT2D eigenvalue weighted by Crippen LogP contribution is 2.36. The van der Waals surface area contributed by atoms with E-state index in [-0.39, 0.29) is 4.90 Å². The van der Waals surface area contributed by atoms with Crippen LogP contribution in [-0.4, -0.2) is 60.2 Å². The molecule has 1 aliphatic rings. The van der Waals surface area contributed by atoms with E-state index >= 15 is 0 Å². The van der Waals surface area contributed by atoms with Crippen LogP contribution in [0.3, 0.4) is 0 Å². The van der Waals surface area contributed by atoms with Gasteiger partial charge in [-0.1, -0.05) is 48.5 Å². The number of piperidine rings is 1. The Morgan fingerprint density at radius 2 is 1.50 bits per heavy atom. The van der Waals surface area contributed by atoms with Crippen LogP contribution in [0.1, 0.15) is 29.9 Å². The minimum atomic E-state index is -3.88. The number of carboxylic acids is 2. The number of aromatic nitrogens is 1. The van der Waals surface area contributed by atoms with Crippen molar-refractivity contribution in [1.82, 2.24) is 9.47 Å². The quantitative estimate of drug-likeness (QED) is 0.246. The maximum Gasteiger partial charge on any atom is 0.414 e. The molecular formula is C30H32N2O7S. The molecule has 0 unspecified atom stereocenters. The maximum absolute atomic E-state index is 12.8. The minimum Gasteiger partial charge on any atom is -0.473 e. The number of fused-ring (bicyclic) bond motifs is 1. The molecule has 2 heterocycles. The van der Waals surface area contributed by atoms with Gasteiger partial charge in [-0.25, -0.2) is 9.59 Å². The predicted octanol–water partition coefficient (Wildman–Crippen LogP) is 4.62. The molecule has 1 saturated heterocycles. The summed E-state index contributed by atoms with van der Waals surface area (Å²) in [5, 5.41) is 15.9. The summed E-state index contributed by atoms with van der Waals surface area (Å²) in [7, 11) is -1.71. The van der Waals surface area contributed by atoms with Crippen molar-refractivity contribution in [3.8, 4) is 5.75 Å². The van der Waals surface area contributed by atoms with Crippen molar-refractivity contribution in [2.75, 3.05) is 20.1 Å². The zero-order valence-corrected chi connectivity index (χ0v) is 23.0. The number of hydrogen-bond donors (Lipinski definition) is 2. The fourth-order valence-electron chi connectivity index (χ4n) is 4.84. The van der Waals surface area contributed by atoms with E-state index in [0.717, 1.165) is 49.8 Å². The second-order valence-electron chi connectivity index (χ2n) is 9.73. The Morgan fingerprint density at radius 3 is 2.10 bits per heavy atom. The van der Waals surface area contributed by atoms with Crippen molar-refractivity contribution >= 4 is 33.0 Å². The smallest absolute Gasteiger partial charge is 0.414 e. The fraction of sp³-hybridized carbons (Fsp3) is 0.267. The van der Waals surface area contributed by atoms with Gasteiger partial charge in [0.1, 0.15) is 10.6 Å². The van der Waals surface area contributed by atoms with Crippen LogP contribution in [0.4, 0.5) is 0 Å². The van der Waals surface area contributed by atoms with Crippen molar-refractivity contribution in [2.24, 2.45) is 0 Å². The van der Waals surface area contributed by atoms with E-state index in [1.165, 1.54) is 11.1 Å². The first-order valence-electron chi connectivity index (χ1n) is 12.9. The fourth-order valence-corrected chi connectivity index (χ4v) is 5.79. The number of benzene rings is 3. The molecule has 0 atom stereocenters. The lowest BCUT2D eigenvalue weighted by atomic mass is 9.89. The van der Waals surface area contributed by atoms with Crippen LogP contribution in [0.2, 0.25) is 0 Å². The minimum absolute atomic E-state index is 0.158. The molecule has 1 aliphatic heterocycles. The van der Waals surface area contributed by atoms with Crippen molar-refractivity contribution < 1.29 is 32.4 Å². The van der Waals surface area contributed by atoms with Crippen molar-refractivity contribution in [3.05, 3.63) is 96.2 Å². The molecule has 5 rings (SSSR count). The average Bonchev–Trinajstić information content (AvgIpc) is 3.31. The first-order chi connectivity index (χ1) is 19.1. The number of rotatable bonds is 7. The Hall–Kier alpha value is -4.15.